The highest BCUT2D eigenvalue weighted by Crippen LogP contribution is 2.44. The second-order valence-electron chi connectivity index (χ2n) is 10.8. The number of nitrogens with two attached hydrogens (primary N) is 2. The molecule has 2 nitrogen and oxygen atoms in total. The van der Waals surface area contributed by atoms with Gasteiger partial charge in [0.1, 0.15) is 0 Å². The fourth-order valence-corrected chi connectivity index (χ4v) is 6.55. The average molecular weight is 433 g/mol. The lowest BCUT2D eigenvalue weighted by Gasteiger charge is -2.38. The fourth-order valence-electron chi connectivity index (χ4n) is 6.55. The highest BCUT2D eigenvalue weighted by atomic mass is 14.6. The molecule has 174 valence electrons. The summed E-state index contributed by atoms with van der Waals surface area (Å²) in [4.78, 5) is 0. The Morgan fingerprint density at radius 1 is 0.688 bits per heavy atom. The van der Waals surface area contributed by atoms with Gasteiger partial charge in [0.2, 0.25) is 0 Å². The van der Waals surface area contributed by atoms with Crippen LogP contribution >= 0.6 is 0 Å². The van der Waals surface area contributed by atoms with Gasteiger partial charge in [0.25, 0.3) is 0 Å². The molecule has 0 amide bonds. The van der Waals surface area contributed by atoms with Crippen LogP contribution in [0.2, 0.25) is 0 Å². The molecule has 0 radical (unpaired) electrons. The summed E-state index contributed by atoms with van der Waals surface area (Å²) in [5, 5.41) is 0. The zero-order valence-electron chi connectivity index (χ0n) is 20.2. The van der Waals surface area contributed by atoms with Crippen LogP contribution < -0.4 is 11.5 Å². The number of nitrogen functional groups attached to an aromatic ring is 2. The van der Waals surface area contributed by atoms with E-state index in [1.807, 2.05) is 18.2 Å². The Hall–Kier alpha value is -1.96. The molecule has 2 aliphatic carbocycles. The van der Waals surface area contributed by atoms with Crippen molar-refractivity contribution in [3.63, 3.8) is 0 Å². The number of rotatable bonds is 8. The van der Waals surface area contributed by atoms with Crippen molar-refractivity contribution in [3.05, 3.63) is 59.2 Å². The van der Waals surface area contributed by atoms with Crippen molar-refractivity contribution < 1.29 is 0 Å². The Morgan fingerprint density at radius 3 is 1.88 bits per heavy atom. The summed E-state index contributed by atoms with van der Waals surface area (Å²) < 4.78 is 0. The largest absolute Gasteiger partial charge is 0.399 e. The maximum Gasteiger partial charge on any atom is 0.0337 e. The van der Waals surface area contributed by atoms with Crippen LogP contribution in [0.25, 0.3) is 0 Å². The molecule has 0 heterocycles. The molecule has 0 aliphatic heterocycles. The molecule has 2 saturated carbocycles. The van der Waals surface area contributed by atoms with Gasteiger partial charge in [0.05, 0.1) is 0 Å². The van der Waals surface area contributed by atoms with Crippen LogP contribution in [0, 0.1) is 17.8 Å². The fraction of sp³-hybridized carbons (Fsp3) is 0.600. The lowest BCUT2D eigenvalue weighted by molar-refractivity contribution is 0.155. The minimum Gasteiger partial charge on any atom is -0.399 e. The molecule has 2 aromatic carbocycles. The van der Waals surface area contributed by atoms with E-state index in [1.54, 1.807) is 5.56 Å². The monoisotopic (exact) mass is 432 g/mol. The van der Waals surface area contributed by atoms with Crippen LogP contribution in [-0.4, -0.2) is 0 Å². The second-order valence-corrected chi connectivity index (χ2v) is 10.8. The molecular weight excluding hydrogens is 388 g/mol. The standard InChI is InChI=1S/C30H44N2/c1-2-3-4-5-22-6-10-25(11-7-22)27-14-16-28(17-15-27)26-12-8-23(9-13-26)18-24-19-29(31)21-30(32)20-24/h8-9,12-13,19-22,25,27-28H,2-7,10-11,14-18,31-32H2,1H3. The Kier molecular flexibility index (Phi) is 8.16. The van der Waals surface area contributed by atoms with Crippen LogP contribution in [0.3, 0.4) is 0 Å². The van der Waals surface area contributed by atoms with Crippen LogP contribution in [-0.2, 0) is 6.42 Å². The number of unbranched alkanes of at least 4 members (excludes halogenated alkanes) is 2. The van der Waals surface area contributed by atoms with Crippen molar-refractivity contribution >= 4 is 11.4 Å². The topological polar surface area (TPSA) is 52.0 Å². The van der Waals surface area contributed by atoms with Crippen molar-refractivity contribution in [2.45, 2.75) is 96.3 Å². The van der Waals surface area contributed by atoms with E-state index in [4.69, 9.17) is 11.5 Å². The quantitative estimate of drug-likeness (QED) is 0.327. The van der Waals surface area contributed by atoms with Gasteiger partial charge < -0.3 is 11.5 Å². The summed E-state index contributed by atoms with van der Waals surface area (Å²) in [6.07, 6.45) is 18.3. The van der Waals surface area contributed by atoms with Gasteiger partial charge in [-0.15, -0.1) is 0 Å². The first-order valence-corrected chi connectivity index (χ1v) is 13.3. The zero-order chi connectivity index (χ0) is 22.3. The maximum absolute atomic E-state index is 5.95. The highest BCUT2D eigenvalue weighted by molar-refractivity contribution is 5.55. The Labute approximate surface area is 196 Å². The molecule has 4 rings (SSSR count). The minimum absolute atomic E-state index is 0.748. The van der Waals surface area contributed by atoms with Crippen molar-refractivity contribution in [1.82, 2.24) is 0 Å². The van der Waals surface area contributed by atoms with Crippen molar-refractivity contribution in [2.24, 2.45) is 17.8 Å². The van der Waals surface area contributed by atoms with Crippen molar-refractivity contribution in [2.75, 3.05) is 11.5 Å². The normalized spacial score (nSPS) is 26.2. The summed E-state index contributed by atoms with van der Waals surface area (Å²) in [6.45, 7) is 2.32. The third-order valence-electron chi connectivity index (χ3n) is 8.44. The van der Waals surface area contributed by atoms with E-state index in [0.717, 1.165) is 41.5 Å². The van der Waals surface area contributed by atoms with Crippen LogP contribution in [0.1, 0.15) is 107 Å². The van der Waals surface area contributed by atoms with E-state index in [1.165, 1.54) is 88.2 Å². The predicted octanol–water partition coefficient (Wildman–Crippen LogP) is 8.10. The number of benzene rings is 2. The summed E-state index contributed by atoms with van der Waals surface area (Å²) in [7, 11) is 0. The van der Waals surface area contributed by atoms with Crippen molar-refractivity contribution in [1.29, 1.82) is 0 Å². The van der Waals surface area contributed by atoms with Gasteiger partial charge in [-0.25, -0.2) is 0 Å². The average Bonchev–Trinajstić information content (AvgIpc) is 2.80. The van der Waals surface area contributed by atoms with E-state index in [0.29, 0.717) is 0 Å². The molecule has 2 aliphatic rings. The molecule has 0 unspecified atom stereocenters. The Morgan fingerprint density at radius 2 is 1.28 bits per heavy atom. The van der Waals surface area contributed by atoms with Crippen LogP contribution in [0.15, 0.2) is 42.5 Å². The smallest absolute Gasteiger partial charge is 0.0337 e. The molecule has 0 aromatic heterocycles. The number of anilines is 2. The molecule has 0 bridgehead atoms. The molecule has 2 fully saturated rings. The molecule has 0 atom stereocenters. The van der Waals surface area contributed by atoms with Gasteiger partial charge in [-0.1, -0.05) is 69.7 Å². The molecule has 32 heavy (non-hydrogen) atoms. The summed E-state index contributed by atoms with van der Waals surface area (Å²) in [6, 6.07) is 15.2. The van der Waals surface area contributed by atoms with Gasteiger partial charge >= 0.3 is 0 Å². The van der Waals surface area contributed by atoms with Crippen LogP contribution in [0.4, 0.5) is 11.4 Å². The van der Waals surface area contributed by atoms with Gasteiger partial charge in [0, 0.05) is 11.4 Å². The van der Waals surface area contributed by atoms with Gasteiger partial charge in [-0.2, -0.15) is 0 Å². The molecule has 2 heteroatoms. The third kappa shape index (κ3) is 6.30. The lowest BCUT2D eigenvalue weighted by atomic mass is 9.68. The molecular formula is C30H44N2. The highest BCUT2D eigenvalue weighted by Gasteiger charge is 2.31. The number of hydrogen-bond acceptors (Lipinski definition) is 2. The predicted molar refractivity (Wildman–Crippen MR) is 139 cm³/mol. The van der Waals surface area contributed by atoms with Crippen molar-refractivity contribution in [3.8, 4) is 0 Å². The van der Waals surface area contributed by atoms with E-state index >= 15 is 0 Å². The van der Waals surface area contributed by atoms with Gasteiger partial charge in [-0.05, 0) is 104 Å². The summed E-state index contributed by atoms with van der Waals surface area (Å²) in [5.74, 6) is 3.81. The van der Waals surface area contributed by atoms with E-state index in [2.05, 4.69) is 31.2 Å². The van der Waals surface area contributed by atoms with Gasteiger partial charge in [0.15, 0.2) is 0 Å². The summed E-state index contributed by atoms with van der Waals surface area (Å²) in [5.41, 5.74) is 17.5. The molecule has 0 spiro atoms. The summed E-state index contributed by atoms with van der Waals surface area (Å²) >= 11 is 0. The Bertz CT molecular complexity index is 804. The van der Waals surface area contributed by atoms with Gasteiger partial charge in [-0.3, -0.25) is 0 Å². The first-order chi connectivity index (χ1) is 15.6. The van der Waals surface area contributed by atoms with E-state index in [-0.39, 0.29) is 0 Å². The first kappa shape index (κ1) is 23.2. The lowest BCUT2D eigenvalue weighted by Crippen LogP contribution is -2.25. The second kappa shape index (κ2) is 11.3. The molecule has 2 aromatic rings. The third-order valence-corrected chi connectivity index (χ3v) is 8.44. The maximum atomic E-state index is 5.95. The SMILES string of the molecule is CCCCCC1CCC(C2CCC(c3ccc(Cc4cc(N)cc(N)c4)cc3)CC2)CC1. The zero-order valence-corrected chi connectivity index (χ0v) is 20.2. The molecule has 0 saturated heterocycles. The minimum atomic E-state index is 0.748. The Balaban J connectivity index is 1.23. The van der Waals surface area contributed by atoms with Crippen LogP contribution in [0.5, 0.6) is 0 Å². The molecule has 4 N–H and O–H groups in total. The number of hydrogen-bond donors (Lipinski definition) is 2. The van der Waals surface area contributed by atoms with E-state index < -0.39 is 0 Å². The first-order valence-electron chi connectivity index (χ1n) is 13.3. The van der Waals surface area contributed by atoms with E-state index in [9.17, 15) is 0 Å².